The second-order valence-electron chi connectivity index (χ2n) is 4.73. The lowest BCUT2D eigenvalue weighted by Crippen LogP contribution is -2.11. The van der Waals surface area contributed by atoms with Gasteiger partial charge >= 0.3 is 0 Å². The molecular weight excluding hydrogens is 286 g/mol. The first kappa shape index (κ1) is 15.4. The standard InChI is InChI=1S/C15H15N3O4/c1-2-13(11-6-4-3-5-7-11)16-14-9-8-12(17(19)20)10-15(14)18(21)22/h3-10,13,16H,2H2,1H3. The molecule has 7 heteroatoms. The molecule has 0 aliphatic heterocycles. The van der Waals surface area contributed by atoms with Crippen molar-refractivity contribution in [3.8, 4) is 0 Å². The van der Waals surface area contributed by atoms with Crippen LogP contribution in [0.25, 0.3) is 0 Å². The Morgan fingerprint density at radius 3 is 2.27 bits per heavy atom. The van der Waals surface area contributed by atoms with Crippen molar-refractivity contribution in [2.45, 2.75) is 19.4 Å². The molecular formula is C15H15N3O4. The summed E-state index contributed by atoms with van der Waals surface area (Å²) in [6, 6.07) is 13.0. The molecule has 0 spiro atoms. The molecule has 0 saturated carbocycles. The maximum Gasteiger partial charge on any atom is 0.299 e. The summed E-state index contributed by atoms with van der Waals surface area (Å²) < 4.78 is 0. The van der Waals surface area contributed by atoms with Gasteiger partial charge in [-0.1, -0.05) is 37.3 Å². The van der Waals surface area contributed by atoms with Gasteiger partial charge in [0.05, 0.1) is 22.0 Å². The van der Waals surface area contributed by atoms with E-state index < -0.39 is 9.85 Å². The minimum absolute atomic E-state index is 0.110. The topological polar surface area (TPSA) is 98.3 Å². The van der Waals surface area contributed by atoms with Crippen LogP contribution in [0.2, 0.25) is 0 Å². The molecule has 0 radical (unpaired) electrons. The van der Waals surface area contributed by atoms with Gasteiger partial charge in [-0.05, 0) is 18.1 Å². The number of benzene rings is 2. The maximum atomic E-state index is 11.1. The lowest BCUT2D eigenvalue weighted by molar-refractivity contribution is -0.393. The van der Waals surface area contributed by atoms with Gasteiger partial charge in [0, 0.05) is 6.07 Å². The van der Waals surface area contributed by atoms with Crippen molar-refractivity contribution in [1.82, 2.24) is 0 Å². The normalized spacial score (nSPS) is 11.7. The Morgan fingerprint density at radius 1 is 1.05 bits per heavy atom. The highest BCUT2D eigenvalue weighted by Crippen LogP contribution is 2.32. The average Bonchev–Trinajstić information content (AvgIpc) is 2.53. The number of nitrogens with zero attached hydrogens (tertiary/aromatic N) is 2. The Labute approximate surface area is 126 Å². The van der Waals surface area contributed by atoms with Gasteiger partial charge in [0.15, 0.2) is 0 Å². The van der Waals surface area contributed by atoms with Gasteiger partial charge in [-0.15, -0.1) is 0 Å². The molecule has 0 fully saturated rings. The summed E-state index contributed by atoms with van der Waals surface area (Å²) in [6.45, 7) is 1.96. The summed E-state index contributed by atoms with van der Waals surface area (Å²) in [5, 5.41) is 25.0. The number of hydrogen-bond acceptors (Lipinski definition) is 5. The maximum absolute atomic E-state index is 11.1. The average molecular weight is 301 g/mol. The Balaban J connectivity index is 2.35. The van der Waals surface area contributed by atoms with Gasteiger partial charge in [-0.2, -0.15) is 0 Å². The quantitative estimate of drug-likeness (QED) is 0.640. The molecule has 2 aromatic rings. The van der Waals surface area contributed by atoms with Crippen LogP contribution >= 0.6 is 0 Å². The first-order chi connectivity index (χ1) is 10.5. The molecule has 1 unspecified atom stereocenters. The van der Waals surface area contributed by atoms with E-state index in [1.807, 2.05) is 37.3 Å². The van der Waals surface area contributed by atoms with Gasteiger partial charge < -0.3 is 5.32 Å². The zero-order valence-corrected chi connectivity index (χ0v) is 11.9. The number of nitrogens with one attached hydrogen (secondary N) is 1. The van der Waals surface area contributed by atoms with Crippen LogP contribution in [-0.2, 0) is 0 Å². The minimum atomic E-state index is -0.648. The second kappa shape index (κ2) is 6.66. The van der Waals surface area contributed by atoms with Crippen molar-refractivity contribution in [3.05, 3.63) is 74.3 Å². The van der Waals surface area contributed by atoms with E-state index in [0.717, 1.165) is 18.1 Å². The van der Waals surface area contributed by atoms with Crippen LogP contribution in [-0.4, -0.2) is 9.85 Å². The molecule has 22 heavy (non-hydrogen) atoms. The van der Waals surface area contributed by atoms with Gasteiger partial charge in [0.25, 0.3) is 11.4 Å². The SMILES string of the molecule is CCC(Nc1ccc([N+](=O)[O-])cc1[N+](=O)[O-])c1ccccc1. The molecule has 1 atom stereocenters. The van der Waals surface area contributed by atoms with Gasteiger partial charge in [0.2, 0.25) is 0 Å². The number of rotatable bonds is 6. The number of nitro groups is 2. The van der Waals surface area contributed by atoms with Crippen molar-refractivity contribution in [2.75, 3.05) is 5.32 Å². The Hall–Kier alpha value is -2.96. The van der Waals surface area contributed by atoms with Crippen LogP contribution in [0.1, 0.15) is 24.9 Å². The van der Waals surface area contributed by atoms with E-state index in [1.54, 1.807) is 0 Å². The summed E-state index contributed by atoms with van der Waals surface area (Å²) >= 11 is 0. The molecule has 0 aliphatic rings. The molecule has 0 saturated heterocycles. The Kier molecular flexibility index (Phi) is 4.67. The third kappa shape index (κ3) is 3.38. The first-order valence-electron chi connectivity index (χ1n) is 6.77. The van der Waals surface area contributed by atoms with Gasteiger partial charge in [-0.25, -0.2) is 0 Å². The van der Waals surface area contributed by atoms with Gasteiger partial charge in [-0.3, -0.25) is 20.2 Å². The largest absolute Gasteiger partial charge is 0.373 e. The van der Waals surface area contributed by atoms with E-state index in [2.05, 4.69) is 5.32 Å². The molecule has 7 nitrogen and oxygen atoms in total. The molecule has 0 bridgehead atoms. The summed E-state index contributed by atoms with van der Waals surface area (Å²) in [7, 11) is 0. The van der Waals surface area contributed by atoms with E-state index in [-0.39, 0.29) is 23.1 Å². The van der Waals surface area contributed by atoms with Crippen LogP contribution in [0.5, 0.6) is 0 Å². The van der Waals surface area contributed by atoms with Crippen LogP contribution in [0.4, 0.5) is 17.1 Å². The lowest BCUT2D eigenvalue weighted by atomic mass is 10.0. The monoisotopic (exact) mass is 301 g/mol. The third-order valence-electron chi connectivity index (χ3n) is 3.33. The van der Waals surface area contributed by atoms with Crippen LogP contribution in [0.15, 0.2) is 48.5 Å². The Bertz CT molecular complexity index is 688. The summed E-state index contributed by atoms with van der Waals surface area (Å²) in [6.07, 6.45) is 0.720. The van der Waals surface area contributed by atoms with Crippen molar-refractivity contribution in [1.29, 1.82) is 0 Å². The zero-order chi connectivity index (χ0) is 16.1. The number of anilines is 1. The highest BCUT2D eigenvalue weighted by atomic mass is 16.6. The molecule has 1 N–H and O–H groups in total. The van der Waals surface area contributed by atoms with Crippen LogP contribution in [0, 0.1) is 20.2 Å². The molecule has 0 heterocycles. The second-order valence-corrected chi connectivity index (χ2v) is 4.73. The van der Waals surface area contributed by atoms with Crippen molar-refractivity contribution >= 4 is 17.1 Å². The van der Waals surface area contributed by atoms with Gasteiger partial charge in [0.1, 0.15) is 5.69 Å². The predicted octanol–water partition coefficient (Wildman–Crippen LogP) is 4.07. The Morgan fingerprint density at radius 2 is 1.73 bits per heavy atom. The van der Waals surface area contributed by atoms with Crippen molar-refractivity contribution in [3.63, 3.8) is 0 Å². The van der Waals surface area contributed by atoms with Crippen LogP contribution < -0.4 is 5.32 Å². The number of hydrogen-bond donors (Lipinski definition) is 1. The van der Waals surface area contributed by atoms with Crippen molar-refractivity contribution < 1.29 is 9.85 Å². The van der Waals surface area contributed by atoms with E-state index in [9.17, 15) is 20.2 Å². The molecule has 2 rings (SSSR count). The molecule has 2 aromatic carbocycles. The molecule has 0 amide bonds. The highest BCUT2D eigenvalue weighted by molar-refractivity contribution is 5.66. The van der Waals surface area contributed by atoms with Crippen molar-refractivity contribution in [2.24, 2.45) is 0 Å². The van der Waals surface area contributed by atoms with E-state index in [0.29, 0.717) is 0 Å². The molecule has 0 aromatic heterocycles. The lowest BCUT2D eigenvalue weighted by Gasteiger charge is -2.18. The minimum Gasteiger partial charge on any atom is -0.373 e. The summed E-state index contributed by atoms with van der Waals surface area (Å²) in [5.74, 6) is 0. The summed E-state index contributed by atoms with van der Waals surface area (Å²) in [4.78, 5) is 20.6. The smallest absolute Gasteiger partial charge is 0.299 e. The fourth-order valence-electron chi connectivity index (χ4n) is 2.20. The third-order valence-corrected chi connectivity index (χ3v) is 3.33. The van der Waals surface area contributed by atoms with E-state index >= 15 is 0 Å². The predicted molar refractivity (Wildman–Crippen MR) is 82.8 cm³/mol. The fraction of sp³-hybridized carbons (Fsp3) is 0.200. The first-order valence-corrected chi connectivity index (χ1v) is 6.77. The van der Waals surface area contributed by atoms with E-state index in [4.69, 9.17) is 0 Å². The highest BCUT2D eigenvalue weighted by Gasteiger charge is 2.21. The number of nitro benzene ring substituents is 2. The summed E-state index contributed by atoms with van der Waals surface area (Å²) in [5.41, 5.74) is 0.664. The molecule has 0 aliphatic carbocycles. The van der Waals surface area contributed by atoms with E-state index in [1.165, 1.54) is 12.1 Å². The number of non-ortho nitro benzene ring substituents is 1. The zero-order valence-electron chi connectivity index (χ0n) is 11.9. The fourth-order valence-corrected chi connectivity index (χ4v) is 2.20. The molecule has 114 valence electrons. The van der Waals surface area contributed by atoms with Crippen LogP contribution in [0.3, 0.4) is 0 Å².